The molecule has 0 aliphatic heterocycles. The van der Waals surface area contributed by atoms with Crippen molar-refractivity contribution in [1.29, 1.82) is 0 Å². The Morgan fingerprint density at radius 3 is 3.00 bits per heavy atom. The lowest BCUT2D eigenvalue weighted by Crippen LogP contribution is -2.40. The number of ether oxygens (including phenoxy) is 1. The quantitative estimate of drug-likeness (QED) is 0.428. The number of nitrogens with zero attached hydrogens (tertiary/aromatic N) is 2. The van der Waals surface area contributed by atoms with Crippen LogP contribution in [0.15, 0.2) is 27.8 Å². The van der Waals surface area contributed by atoms with Crippen molar-refractivity contribution >= 4 is 5.96 Å². The van der Waals surface area contributed by atoms with Gasteiger partial charge in [0.2, 0.25) is 0 Å². The average molecular weight is 281 g/mol. The molecule has 1 rings (SSSR count). The highest BCUT2D eigenvalue weighted by Gasteiger charge is 2.05. The van der Waals surface area contributed by atoms with Gasteiger partial charge in [0.05, 0.1) is 19.4 Å². The Balaban J connectivity index is 2.41. The Morgan fingerprint density at radius 1 is 1.50 bits per heavy atom. The third-order valence-corrected chi connectivity index (χ3v) is 3.00. The van der Waals surface area contributed by atoms with Crippen LogP contribution in [0.1, 0.15) is 25.5 Å². The molecule has 0 aliphatic carbocycles. The molecule has 0 amide bonds. The Hall–Kier alpha value is -1.49. The molecule has 0 bridgehead atoms. The molecule has 1 N–H and O–H groups in total. The first kappa shape index (κ1) is 16.6. The first-order valence-electron chi connectivity index (χ1n) is 7.28. The maximum Gasteiger partial charge on any atom is 0.193 e. The lowest BCUT2D eigenvalue weighted by Gasteiger charge is -2.22. The molecule has 0 fully saturated rings. The number of hydrogen-bond acceptors (Lipinski definition) is 3. The molecular weight excluding hydrogens is 254 g/mol. The summed E-state index contributed by atoms with van der Waals surface area (Å²) in [4.78, 5) is 6.73. The van der Waals surface area contributed by atoms with Crippen molar-refractivity contribution in [2.75, 3.05) is 40.4 Å². The van der Waals surface area contributed by atoms with Crippen LogP contribution in [0.3, 0.4) is 0 Å². The Kier molecular flexibility index (Phi) is 8.54. The van der Waals surface area contributed by atoms with Gasteiger partial charge >= 0.3 is 0 Å². The topological polar surface area (TPSA) is 50.0 Å². The number of unbranched alkanes of at least 4 members (excludes halogenated alkanes) is 1. The molecule has 0 atom stereocenters. The van der Waals surface area contributed by atoms with E-state index in [9.17, 15) is 0 Å². The van der Waals surface area contributed by atoms with Gasteiger partial charge in [0.25, 0.3) is 0 Å². The van der Waals surface area contributed by atoms with Crippen LogP contribution in [0.2, 0.25) is 0 Å². The summed E-state index contributed by atoms with van der Waals surface area (Å²) < 4.78 is 10.4. The van der Waals surface area contributed by atoms with Crippen molar-refractivity contribution in [2.45, 2.75) is 26.2 Å². The van der Waals surface area contributed by atoms with Crippen molar-refractivity contribution in [1.82, 2.24) is 10.2 Å². The van der Waals surface area contributed by atoms with Crippen molar-refractivity contribution < 1.29 is 9.15 Å². The van der Waals surface area contributed by atoms with E-state index in [1.165, 1.54) is 12.8 Å². The normalized spacial score (nSPS) is 11.7. The minimum absolute atomic E-state index is 0.644. The standard InChI is InChI=1S/C15H27N3O2/c1-4-5-11-18(2)15(17-10-13-19-3)16-9-8-14-7-6-12-20-14/h6-7,12H,4-5,8-11,13H2,1-3H3,(H,16,17). The first-order valence-corrected chi connectivity index (χ1v) is 7.28. The lowest BCUT2D eigenvalue weighted by atomic mass is 10.3. The molecule has 1 aromatic heterocycles. The number of hydrogen-bond donors (Lipinski definition) is 1. The second kappa shape index (κ2) is 10.3. The molecule has 0 saturated carbocycles. The summed E-state index contributed by atoms with van der Waals surface area (Å²) in [6, 6.07) is 3.90. The molecule has 0 aromatic carbocycles. The highest BCUT2D eigenvalue weighted by atomic mass is 16.5. The molecular formula is C15H27N3O2. The van der Waals surface area contributed by atoms with Crippen molar-refractivity contribution in [3.63, 3.8) is 0 Å². The Bertz CT molecular complexity index is 363. The smallest absolute Gasteiger partial charge is 0.193 e. The highest BCUT2D eigenvalue weighted by Crippen LogP contribution is 2.00. The predicted octanol–water partition coefficient (Wildman–Crippen LogP) is 2.15. The Morgan fingerprint density at radius 2 is 2.35 bits per heavy atom. The molecule has 1 heterocycles. The fraction of sp³-hybridized carbons (Fsp3) is 0.667. The number of nitrogens with one attached hydrogen (secondary N) is 1. The number of rotatable bonds is 9. The molecule has 114 valence electrons. The highest BCUT2D eigenvalue weighted by molar-refractivity contribution is 5.79. The van der Waals surface area contributed by atoms with Gasteiger partial charge in [-0.1, -0.05) is 13.3 Å². The number of furan rings is 1. The molecule has 0 spiro atoms. The van der Waals surface area contributed by atoms with Crippen LogP contribution in [0, 0.1) is 0 Å². The fourth-order valence-corrected chi connectivity index (χ4v) is 1.81. The van der Waals surface area contributed by atoms with Gasteiger partial charge in [0.15, 0.2) is 5.96 Å². The first-order chi connectivity index (χ1) is 9.77. The maximum atomic E-state index is 5.33. The zero-order valence-electron chi connectivity index (χ0n) is 12.9. The SMILES string of the molecule is CCCCN(C)C(=NCCOC)NCCc1ccco1. The summed E-state index contributed by atoms with van der Waals surface area (Å²) in [5, 5.41) is 3.39. The van der Waals surface area contributed by atoms with Gasteiger partial charge in [0.1, 0.15) is 5.76 Å². The molecule has 5 nitrogen and oxygen atoms in total. The molecule has 0 aliphatic rings. The predicted molar refractivity (Wildman–Crippen MR) is 82.1 cm³/mol. The van der Waals surface area contributed by atoms with E-state index in [2.05, 4.69) is 29.2 Å². The number of guanidine groups is 1. The summed E-state index contributed by atoms with van der Waals surface area (Å²) in [6.07, 6.45) is 4.91. The van der Waals surface area contributed by atoms with Crippen molar-refractivity contribution in [2.24, 2.45) is 4.99 Å². The van der Waals surface area contributed by atoms with E-state index in [1.54, 1.807) is 13.4 Å². The van der Waals surface area contributed by atoms with E-state index >= 15 is 0 Å². The lowest BCUT2D eigenvalue weighted by molar-refractivity contribution is 0.207. The molecule has 5 heteroatoms. The summed E-state index contributed by atoms with van der Waals surface area (Å²) >= 11 is 0. The molecule has 0 saturated heterocycles. The van der Waals surface area contributed by atoms with Gasteiger partial charge < -0.3 is 19.4 Å². The van der Waals surface area contributed by atoms with Gasteiger partial charge in [0, 0.05) is 33.7 Å². The van der Waals surface area contributed by atoms with Gasteiger partial charge in [-0.25, -0.2) is 0 Å². The minimum Gasteiger partial charge on any atom is -0.469 e. The van der Waals surface area contributed by atoms with Crippen LogP contribution in [-0.2, 0) is 11.2 Å². The Labute approximate surface area is 122 Å². The largest absolute Gasteiger partial charge is 0.469 e. The van der Waals surface area contributed by atoms with Crippen LogP contribution in [0.4, 0.5) is 0 Å². The monoisotopic (exact) mass is 281 g/mol. The summed E-state index contributed by atoms with van der Waals surface area (Å²) in [6.45, 7) is 5.34. The molecule has 0 radical (unpaired) electrons. The zero-order chi connectivity index (χ0) is 14.6. The van der Waals surface area contributed by atoms with Crippen LogP contribution >= 0.6 is 0 Å². The van der Waals surface area contributed by atoms with Crippen LogP contribution in [0.25, 0.3) is 0 Å². The summed E-state index contributed by atoms with van der Waals surface area (Å²) in [5.41, 5.74) is 0. The van der Waals surface area contributed by atoms with E-state index in [4.69, 9.17) is 9.15 Å². The van der Waals surface area contributed by atoms with Gasteiger partial charge in [-0.15, -0.1) is 0 Å². The average Bonchev–Trinajstić information content (AvgIpc) is 2.96. The molecule has 1 aromatic rings. The van der Waals surface area contributed by atoms with Crippen LogP contribution in [-0.4, -0.2) is 51.3 Å². The minimum atomic E-state index is 0.644. The van der Waals surface area contributed by atoms with Crippen molar-refractivity contribution in [3.8, 4) is 0 Å². The van der Waals surface area contributed by atoms with E-state index < -0.39 is 0 Å². The number of methoxy groups -OCH3 is 1. The second-order valence-corrected chi connectivity index (χ2v) is 4.73. The summed E-state index contributed by atoms with van der Waals surface area (Å²) in [7, 11) is 3.77. The zero-order valence-corrected chi connectivity index (χ0v) is 12.9. The van der Waals surface area contributed by atoms with Crippen molar-refractivity contribution in [3.05, 3.63) is 24.2 Å². The van der Waals surface area contributed by atoms with Crippen LogP contribution < -0.4 is 5.32 Å². The van der Waals surface area contributed by atoms with Gasteiger partial charge in [-0.3, -0.25) is 4.99 Å². The van der Waals surface area contributed by atoms with E-state index in [0.29, 0.717) is 13.2 Å². The van der Waals surface area contributed by atoms with Gasteiger partial charge in [-0.05, 0) is 18.6 Å². The van der Waals surface area contributed by atoms with E-state index in [1.807, 2.05) is 12.1 Å². The second-order valence-electron chi connectivity index (χ2n) is 4.73. The van der Waals surface area contributed by atoms with Gasteiger partial charge in [-0.2, -0.15) is 0 Å². The third kappa shape index (κ3) is 6.61. The van der Waals surface area contributed by atoms with E-state index in [-0.39, 0.29) is 0 Å². The van der Waals surface area contributed by atoms with Crippen LogP contribution in [0.5, 0.6) is 0 Å². The number of aliphatic imine (C=N–C) groups is 1. The van der Waals surface area contributed by atoms with E-state index in [0.717, 1.165) is 31.2 Å². The molecule has 0 unspecified atom stereocenters. The fourth-order valence-electron chi connectivity index (χ4n) is 1.81. The third-order valence-electron chi connectivity index (χ3n) is 3.00. The summed E-state index contributed by atoms with van der Waals surface area (Å²) in [5.74, 6) is 1.92. The maximum absolute atomic E-state index is 5.33. The molecule has 20 heavy (non-hydrogen) atoms.